The molecule has 0 aliphatic heterocycles. The van der Waals surface area contributed by atoms with Crippen LogP contribution in [0.2, 0.25) is 10.0 Å². The summed E-state index contributed by atoms with van der Waals surface area (Å²) in [6, 6.07) is 5.99. The third kappa shape index (κ3) is 2.76. The second-order valence-corrected chi connectivity index (χ2v) is 5.56. The molecule has 24 heavy (non-hydrogen) atoms. The maximum atomic E-state index is 14.1. The van der Waals surface area contributed by atoms with Crippen molar-refractivity contribution in [3.8, 4) is 0 Å². The van der Waals surface area contributed by atoms with Crippen LogP contribution in [-0.4, -0.2) is 23.0 Å². The van der Waals surface area contributed by atoms with Gasteiger partial charge in [0, 0.05) is 0 Å². The fourth-order valence-corrected chi connectivity index (χ4v) is 2.63. The Kier molecular flexibility index (Phi) is 4.29. The van der Waals surface area contributed by atoms with Crippen molar-refractivity contribution >= 4 is 51.8 Å². The number of rotatable bonds is 3. The molecule has 0 atom stereocenters. The van der Waals surface area contributed by atoms with Gasteiger partial charge < -0.3 is 15.0 Å². The number of benzene rings is 2. The number of para-hydroxylation sites is 1. The van der Waals surface area contributed by atoms with Crippen LogP contribution in [0.5, 0.6) is 0 Å². The third-order valence-electron chi connectivity index (χ3n) is 3.27. The molecule has 1 heterocycles. The van der Waals surface area contributed by atoms with E-state index in [1.54, 1.807) is 18.2 Å². The van der Waals surface area contributed by atoms with Gasteiger partial charge in [0.2, 0.25) is 5.95 Å². The van der Waals surface area contributed by atoms with Crippen LogP contribution < -0.4 is 5.32 Å². The highest BCUT2D eigenvalue weighted by molar-refractivity contribution is 6.39. The number of hydrogen-bond donors (Lipinski definition) is 2. The number of hydrogen-bond acceptors (Lipinski definition) is 4. The molecule has 124 valence electrons. The van der Waals surface area contributed by atoms with Crippen LogP contribution in [-0.2, 0) is 4.74 Å². The summed E-state index contributed by atoms with van der Waals surface area (Å²) < 4.78 is 32.5. The lowest BCUT2D eigenvalue weighted by Crippen LogP contribution is -2.06. The number of H-pyrrole nitrogens is 1. The van der Waals surface area contributed by atoms with Gasteiger partial charge in [-0.15, -0.1) is 0 Å². The molecule has 0 saturated carbocycles. The molecule has 9 heteroatoms. The number of nitrogens with zero attached hydrogens (tertiary/aromatic N) is 1. The number of carbonyl (C=O) groups excluding carboxylic acids is 1. The largest absolute Gasteiger partial charge is 0.465 e. The van der Waals surface area contributed by atoms with E-state index in [1.807, 2.05) is 0 Å². The van der Waals surface area contributed by atoms with E-state index < -0.39 is 23.2 Å². The van der Waals surface area contributed by atoms with Crippen molar-refractivity contribution in [2.24, 2.45) is 0 Å². The molecule has 3 aromatic rings. The summed E-state index contributed by atoms with van der Waals surface area (Å²) in [6.07, 6.45) is 0. The molecular weight excluding hydrogens is 363 g/mol. The fraction of sp³-hybridized carbons (Fsp3) is 0.0667. The van der Waals surface area contributed by atoms with Crippen LogP contribution in [0, 0.1) is 11.6 Å². The molecule has 3 rings (SSSR count). The van der Waals surface area contributed by atoms with Gasteiger partial charge in [-0.25, -0.2) is 18.6 Å². The van der Waals surface area contributed by atoms with Crippen molar-refractivity contribution < 1.29 is 18.3 Å². The molecule has 2 aromatic carbocycles. The average Bonchev–Trinajstić information content (AvgIpc) is 2.97. The molecule has 5 nitrogen and oxygen atoms in total. The number of carbonyl (C=O) groups is 1. The van der Waals surface area contributed by atoms with E-state index in [-0.39, 0.29) is 17.0 Å². The molecular formula is C15H9Cl2F2N3O2. The number of halogens is 4. The topological polar surface area (TPSA) is 67.0 Å². The zero-order chi connectivity index (χ0) is 17.4. The predicted molar refractivity (Wildman–Crippen MR) is 87.1 cm³/mol. The lowest BCUT2D eigenvalue weighted by molar-refractivity contribution is 0.0594. The lowest BCUT2D eigenvalue weighted by atomic mass is 10.2. The summed E-state index contributed by atoms with van der Waals surface area (Å²) in [7, 11) is 1.07. The lowest BCUT2D eigenvalue weighted by Gasteiger charge is -2.06. The molecule has 2 N–H and O–H groups in total. The van der Waals surface area contributed by atoms with Crippen LogP contribution in [0.1, 0.15) is 10.4 Å². The first-order chi connectivity index (χ1) is 11.4. The van der Waals surface area contributed by atoms with Crippen molar-refractivity contribution in [3.63, 3.8) is 0 Å². The average molecular weight is 372 g/mol. The van der Waals surface area contributed by atoms with Gasteiger partial charge >= 0.3 is 5.97 Å². The quantitative estimate of drug-likeness (QED) is 0.656. The first-order valence-electron chi connectivity index (χ1n) is 6.59. The standard InChI is InChI=1S/C15H9Cl2F2N3O2/c1-24-14(23)6-5-9-13(11(19)10(6)18)22-15(20-9)21-12-7(16)3-2-4-8(12)17/h2-5H,1H3,(H2,20,21,22). The van der Waals surface area contributed by atoms with Gasteiger partial charge in [-0.05, 0) is 18.2 Å². The summed E-state index contributed by atoms with van der Waals surface area (Å²) >= 11 is 12.1. The summed E-state index contributed by atoms with van der Waals surface area (Å²) in [4.78, 5) is 18.2. The highest BCUT2D eigenvalue weighted by Gasteiger charge is 2.22. The molecule has 1 aromatic heterocycles. The predicted octanol–water partition coefficient (Wildman–Crippen LogP) is 4.68. The first kappa shape index (κ1) is 16.5. The monoisotopic (exact) mass is 371 g/mol. The first-order valence-corrected chi connectivity index (χ1v) is 7.35. The molecule has 0 aliphatic carbocycles. The van der Waals surface area contributed by atoms with E-state index in [4.69, 9.17) is 23.2 Å². The minimum Gasteiger partial charge on any atom is -0.465 e. The Morgan fingerprint density at radius 1 is 1.25 bits per heavy atom. The molecule has 0 radical (unpaired) electrons. The Hall–Kier alpha value is -2.38. The number of fused-ring (bicyclic) bond motifs is 1. The van der Waals surface area contributed by atoms with Crippen LogP contribution >= 0.6 is 23.2 Å². The Bertz CT molecular complexity index is 939. The SMILES string of the molecule is COC(=O)c1cc2[nH]c(Nc3c(Cl)cccc3Cl)nc2c(F)c1F. The molecule has 0 fully saturated rings. The van der Waals surface area contributed by atoms with Crippen LogP contribution in [0.3, 0.4) is 0 Å². The highest BCUT2D eigenvalue weighted by atomic mass is 35.5. The van der Waals surface area contributed by atoms with E-state index in [1.165, 1.54) is 0 Å². The number of nitrogens with one attached hydrogen (secondary N) is 2. The number of methoxy groups -OCH3 is 1. The van der Waals surface area contributed by atoms with E-state index in [9.17, 15) is 13.6 Å². The Labute approximate surface area is 144 Å². The maximum absolute atomic E-state index is 14.1. The van der Waals surface area contributed by atoms with E-state index in [0.29, 0.717) is 15.7 Å². The van der Waals surface area contributed by atoms with E-state index >= 15 is 0 Å². The Morgan fingerprint density at radius 2 is 1.92 bits per heavy atom. The normalized spacial score (nSPS) is 10.9. The molecule has 0 spiro atoms. The van der Waals surface area contributed by atoms with Crippen molar-refractivity contribution in [2.75, 3.05) is 12.4 Å². The summed E-state index contributed by atoms with van der Waals surface area (Å²) in [5, 5.41) is 3.45. The number of aromatic nitrogens is 2. The van der Waals surface area contributed by atoms with Gasteiger partial charge in [0.1, 0.15) is 11.1 Å². The summed E-state index contributed by atoms with van der Waals surface area (Å²) in [5.74, 6) is -3.50. The number of ether oxygens (including phenoxy) is 1. The van der Waals surface area contributed by atoms with Gasteiger partial charge in [-0.3, -0.25) is 0 Å². The van der Waals surface area contributed by atoms with Crippen LogP contribution in [0.4, 0.5) is 20.4 Å². The zero-order valence-corrected chi connectivity index (χ0v) is 13.6. The summed E-state index contributed by atoms with van der Waals surface area (Å²) in [6.45, 7) is 0. The van der Waals surface area contributed by atoms with Gasteiger partial charge in [-0.2, -0.15) is 0 Å². The van der Waals surface area contributed by atoms with Crippen LogP contribution in [0.15, 0.2) is 24.3 Å². The zero-order valence-electron chi connectivity index (χ0n) is 12.1. The number of imidazole rings is 1. The molecule has 0 aliphatic rings. The highest BCUT2D eigenvalue weighted by Crippen LogP contribution is 2.33. The number of esters is 1. The van der Waals surface area contributed by atoms with Gasteiger partial charge in [0.25, 0.3) is 0 Å². The van der Waals surface area contributed by atoms with Gasteiger partial charge in [0.15, 0.2) is 11.6 Å². The smallest absolute Gasteiger partial charge is 0.341 e. The molecule has 0 bridgehead atoms. The molecule has 0 amide bonds. The molecule has 0 unspecified atom stereocenters. The number of aromatic amines is 1. The van der Waals surface area contributed by atoms with Crippen molar-refractivity contribution in [1.82, 2.24) is 9.97 Å². The Morgan fingerprint density at radius 3 is 2.54 bits per heavy atom. The Balaban J connectivity index is 2.09. The van der Waals surface area contributed by atoms with Crippen molar-refractivity contribution in [1.29, 1.82) is 0 Å². The number of anilines is 2. The maximum Gasteiger partial charge on any atom is 0.341 e. The van der Waals surface area contributed by atoms with E-state index in [2.05, 4.69) is 20.0 Å². The fourth-order valence-electron chi connectivity index (χ4n) is 2.14. The van der Waals surface area contributed by atoms with Crippen LogP contribution in [0.25, 0.3) is 11.0 Å². The van der Waals surface area contributed by atoms with Crippen molar-refractivity contribution in [2.45, 2.75) is 0 Å². The second-order valence-electron chi connectivity index (χ2n) is 4.75. The minimum atomic E-state index is -1.33. The third-order valence-corrected chi connectivity index (χ3v) is 3.90. The van der Waals surface area contributed by atoms with Gasteiger partial charge in [-0.1, -0.05) is 29.3 Å². The van der Waals surface area contributed by atoms with E-state index in [0.717, 1.165) is 13.2 Å². The van der Waals surface area contributed by atoms with Gasteiger partial charge in [0.05, 0.1) is 28.4 Å². The summed E-state index contributed by atoms with van der Waals surface area (Å²) in [5.41, 5.74) is -0.340. The minimum absolute atomic E-state index is 0.0836. The van der Waals surface area contributed by atoms with Crippen molar-refractivity contribution in [3.05, 3.63) is 51.5 Å². The second kappa shape index (κ2) is 6.26. The molecule has 0 saturated heterocycles.